The number of ether oxygens (including phenoxy) is 1. The molecule has 0 bridgehead atoms. The Labute approximate surface area is 162 Å². The number of non-ortho nitro benzene ring substituents is 1. The predicted octanol–water partition coefficient (Wildman–Crippen LogP) is 2.69. The first kappa shape index (κ1) is 21.3. The molecule has 1 amide bonds. The number of sulfonamides is 1. The zero-order chi connectivity index (χ0) is 20.7. The van der Waals surface area contributed by atoms with Crippen LogP contribution in [-0.2, 0) is 14.8 Å². The van der Waals surface area contributed by atoms with Crippen molar-refractivity contribution >= 4 is 27.3 Å². The maximum atomic E-state index is 12.2. The van der Waals surface area contributed by atoms with Crippen molar-refractivity contribution < 1.29 is 22.9 Å². The zero-order valence-corrected chi connectivity index (χ0v) is 16.2. The Morgan fingerprint density at radius 2 is 1.75 bits per heavy atom. The summed E-state index contributed by atoms with van der Waals surface area (Å²) >= 11 is 0. The molecule has 0 spiro atoms. The van der Waals surface area contributed by atoms with Gasteiger partial charge in [-0.15, -0.1) is 0 Å². The summed E-state index contributed by atoms with van der Waals surface area (Å²) in [5.41, 5.74) is 0.339. The molecule has 0 saturated carbocycles. The van der Waals surface area contributed by atoms with Gasteiger partial charge in [-0.1, -0.05) is 6.92 Å². The fraction of sp³-hybridized carbons (Fsp3) is 0.278. The van der Waals surface area contributed by atoms with Gasteiger partial charge >= 0.3 is 0 Å². The van der Waals surface area contributed by atoms with Crippen LogP contribution in [0.3, 0.4) is 0 Å². The van der Waals surface area contributed by atoms with E-state index in [1.54, 1.807) is 0 Å². The van der Waals surface area contributed by atoms with Crippen LogP contribution in [0.1, 0.15) is 20.3 Å². The van der Waals surface area contributed by atoms with E-state index in [0.29, 0.717) is 24.4 Å². The Hall–Kier alpha value is -2.98. The van der Waals surface area contributed by atoms with Gasteiger partial charge in [-0.25, -0.2) is 13.1 Å². The normalized spacial score (nSPS) is 12.2. The number of anilines is 1. The van der Waals surface area contributed by atoms with Crippen molar-refractivity contribution in [3.63, 3.8) is 0 Å². The molecule has 1 atom stereocenters. The van der Waals surface area contributed by atoms with Crippen molar-refractivity contribution in [2.24, 2.45) is 0 Å². The highest BCUT2D eigenvalue weighted by Crippen LogP contribution is 2.19. The minimum absolute atomic E-state index is 0.0760. The largest absolute Gasteiger partial charge is 0.481 e. The van der Waals surface area contributed by atoms with E-state index in [0.717, 1.165) is 0 Å². The Bertz CT molecular complexity index is 927. The van der Waals surface area contributed by atoms with Gasteiger partial charge in [0.05, 0.1) is 9.82 Å². The molecule has 0 unspecified atom stereocenters. The summed E-state index contributed by atoms with van der Waals surface area (Å²) in [6.07, 6.45) is -0.184. The number of hydrogen-bond acceptors (Lipinski definition) is 6. The van der Waals surface area contributed by atoms with E-state index in [4.69, 9.17) is 4.74 Å². The molecule has 0 aliphatic rings. The Morgan fingerprint density at radius 3 is 2.29 bits per heavy atom. The molecule has 10 heteroatoms. The summed E-state index contributed by atoms with van der Waals surface area (Å²) in [7, 11) is -3.57. The molecule has 9 nitrogen and oxygen atoms in total. The molecule has 0 aliphatic carbocycles. The van der Waals surface area contributed by atoms with Gasteiger partial charge in [-0.2, -0.15) is 0 Å². The van der Waals surface area contributed by atoms with E-state index in [1.165, 1.54) is 55.5 Å². The molecule has 0 radical (unpaired) electrons. The third-order valence-electron chi connectivity index (χ3n) is 3.70. The topological polar surface area (TPSA) is 128 Å². The third kappa shape index (κ3) is 5.76. The number of nitrogens with zero attached hydrogens (tertiary/aromatic N) is 1. The summed E-state index contributed by atoms with van der Waals surface area (Å²) in [4.78, 5) is 22.5. The molecule has 0 heterocycles. The van der Waals surface area contributed by atoms with Gasteiger partial charge in [0.15, 0.2) is 6.10 Å². The first-order valence-electron chi connectivity index (χ1n) is 8.54. The second kappa shape index (κ2) is 9.29. The van der Waals surface area contributed by atoms with E-state index in [1.807, 2.05) is 6.92 Å². The number of nitrogens with one attached hydrogen (secondary N) is 2. The molecular formula is C18H21N3O6S. The average Bonchev–Trinajstić information content (AvgIpc) is 2.67. The lowest BCUT2D eigenvalue weighted by atomic mass is 10.3. The van der Waals surface area contributed by atoms with E-state index in [9.17, 15) is 23.3 Å². The monoisotopic (exact) mass is 407 g/mol. The first-order valence-corrected chi connectivity index (χ1v) is 10.0. The molecule has 0 aliphatic heterocycles. The van der Waals surface area contributed by atoms with Crippen molar-refractivity contribution in [1.82, 2.24) is 4.72 Å². The number of benzene rings is 2. The molecule has 2 aromatic rings. The highest BCUT2D eigenvalue weighted by molar-refractivity contribution is 7.89. The number of carbonyl (C=O) groups excluding carboxylic acids is 1. The van der Waals surface area contributed by atoms with Gasteiger partial charge < -0.3 is 10.1 Å². The van der Waals surface area contributed by atoms with Gasteiger partial charge in [0.1, 0.15) is 5.75 Å². The molecule has 2 N–H and O–H groups in total. The maximum Gasteiger partial charge on any atom is 0.269 e. The molecule has 28 heavy (non-hydrogen) atoms. The van der Waals surface area contributed by atoms with Crippen LogP contribution >= 0.6 is 0 Å². The molecule has 2 aromatic carbocycles. The van der Waals surface area contributed by atoms with Gasteiger partial charge in [-0.05, 0) is 49.7 Å². The lowest BCUT2D eigenvalue weighted by molar-refractivity contribution is -0.384. The fourth-order valence-corrected chi connectivity index (χ4v) is 3.32. The molecule has 0 saturated heterocycles. The van der Waals surface area contributed by atoms with Gasteiger partial charge in [0.2, 0.25) is 10.0 Å². The van der Waals surface area contributed by atoms with Gasteiger partial charge in [0, 0.05) is 24.4 Å². The van der Waals surface area contributed by atoms with Crippen molar-refractivity contribution in [2.45, 2.75) is 31.3 Å². The second-order valence-corrected chi connectivity index (χ2v) is 7.69. The minimum Gasteiger partial charge on any atom is -0.481 e. The number of hydrogen-bond donors (Lipinski definition) is 2. The summed E-state index contributed by atoms with van der Waals surface area (Å²) in [5.74, 6) is -0.130. The number of amides is 1. The van der Waals surface area contributed by atoms with Crippen molar-refractivity contribution in [3.8, 4) is 5.75 Å². The first-order chi connectivity index (χ1) is 13.2. The molecule has 2 rings (SSSR count). The average molecular weight is 407 g/mol. The Balaban J connectivity index is 1.97. The van der Waals surface area contributed by atoms with Crippen LogP contribution in [0.25, 0.3) is 0 Å². The summed E-state index contributed by atoms with van der Waals surface area (Å²) in [6, 6.07) is 11.1. The zero-order valence-electron chi connectivity index (χ0n) is 15.4. The van der Waals surface area contributed by atoms with E-state index in [2.05, 4.69) is 10.0 Å². The van der Waals surface area contributed by atoms with Crippen LogP contribution in [0.15, 0.2) is 53.4 Å². The summed E-state index contributed by atoms with van der Waals surface area (Å²) < 4.78 is 32.0. The smallest absolute Gasteiger partial charge is 0.269 e. The quantitative estimate of drug-likeness (QED) is 0.486. The number of carbonyl (C=O) groups is 1. The maximum absolute atomic E-state index is 12.2. The highest BCUT2D eigenvalue weighted by Gasteiger charge is 2.17. The molecular weight excluding hydrogens is 386 g/mol. The number of rotatable bonds is 9. The van der Waals surface area contributed by atoms with E-state index >= 15 is 0 Å². The summed E-state index contributed by atoms with van der Waals surface area (Å²) in [6.45, 7) is 3.74. The second-order valence-electron chi connectivity index (χ2n) is 5.92. The third-order valence-corrected chi connectivity index (χ3v) is 5.18. The van der Waals surface area contributed by atoms with Crippen LogP contribution in [0.5, 0.6) is 5.75 Å². The van der Waals surface area contributed by atoms with Crippen molar-refractivity contribution in [3.05, 3.63) is 58.6 Å². The number of nitro benzene ring substituents is 1. The molecule has 0 aromatic heterocycles. The highest BCUT2D eigenvalue weighted by atomic mass is 32.2. The molecule has 0 fully saturated rings. The van der Waals surface area contributed by atoms with Crippen LogP contribution in [0.2, 0.25) is 0 Å². The van der Waals surface area contributed by atoms with Crippen LogP contribution in [0, 0.1) is 10.1 Å². The van der Waals surface area contributed by atoms with Crippen molar-refractivity contribution in [1.29, 1.82) is 0 Å². The Kier molecular flexibility index (Phi) is 7.07. The lowest BCUT2D eigenvalue weighted by Crippen LogP contribution is -2.30. The van der Waals surface area contributed by atoms with Gasteiger partial charge in [0.25, 0.3) is 11.6 Å². The SMILES string of the molecule is CCCNS(=O)(=O)c1ccc(NC(=O)[C@@H](C)Oc2ccc([N+](=O)[O-])cc2)cc1. The van der Waals surface area contributed by atoms with Crippen LogP contribution in [0.4, 0.5) is 11.4 Å². The van der Waals surface area contributed by atoms with Gasteiger partial charge in [-0.3, -0.25) is 14.9 Å². The van der Waals surface area contributed by atoms with E-state index < -0.39 is 27.0 Å². The molecule has 150 valence electrons. The minimum atomic E-state index is -3.57. The summed E-state index contributed by atoms with van der Waals surface area (Å²) in [5, 5.41) is 13.3. The lowest BCUT2D eigenvalue weighted by Gasteiger charge is -2.15. The fourth-order valence-electron chi connectivity index (χ4n) is 2.19. The predicted molar refractivity (Wildman–Crippen MR) is 104 cm³/mol. The Morgan fingerprint density at radius 1 is 1.14 bits per heavy atom. The van der Waals surface area contributed by atoms with Crippen LogP contribution < -0.4 is 14.8 Å². The van der Waals surface area contributed by atoms with Crippen LogP contribution in [-0.4, -0.2) is 31.9 Å². The standard InChI is InChI=1S/C18H21N3O6S/c1-3-12-19-28(25,26)17-10-4-14(5-11-17)20-18(22)13(2)27-16-8-6-15(7-9-16)21(23)24/h4-11,13,19H,3,12H2,1-2H3,(H,20,22)/t13-/m1/s1. The number of nitro groups is 1. The van der Waals surface area contributed by atoms with E-state index in [-0.39, 0.29) is 10.6 Å². The van der Waals surface area contributed by atoms with Crippen molar-refractivity contribution in [2.75, 3.05) is 11.9 Å².